The zero-order valence-electron chi connectivity index (χ0n) is 46.5. The van der Waals surface area contributed by atoms with E-state index in [1.807, 2.05) is 45.0 Å². The first kappa shape index (κ1) is 61.4. The Labute approximate surface area is 479 Å². The van der Waals surface area contributed by atoms with E-state index < -0.39 is 54.6 Å². The van der Waals surface area contributed by atoms with Crippen molar-refractivity contribution >= 4 is 78.7 Å². The van der Waals surface area contributed by atoms with E-state index >= 15 is 0 Å². The van der Waals surface area contributed by atoms with Crippen molar-refractivity contribution in [2.45, 2.75) is 173 Å². The van der Waals surface area contributed by atoms with E-state index in [0.29, 0.717) is 76.7 Å². The smallest absolute Gasteiger partial charge is 0.410 e. The van der Waals surface area contributed by atoms with Gasteiger partial charge in [0.05, 0.1) is 42.4 Å². The van der Waals surface area contributed by atoms with Crippen molar-refractivity contribution in [3.63, 3.8) is 0 Å². The minimum absolute atomic E-state index is 0.0526. The number of Topliss-reactive ketones (excluding diaryl/α,β-unsaturated/α-hetero) is 1. The third-order valence-electron chi connectivity index (χ3n) is 14.0. The lowest BCUT2D eigenvalue weighted by Gasteiger charge is -2.38. The summed E-state index contributed by atoms with van der Waals surface area (Å²) >= 11 is 2.02. The van der Waals surface area contributed by atoms with Crippen LogP contribution in [0, 0.1) is 5.92 Å². The Bertz CT molecular complexity index is 3180. The Morgan fingerprint density at radius 1 is 0.622 bits per heavy atom. The van der Waals surface area contributed by atoms with Gasteiger partial charge in [-0.2, -0.15) is 26.3 Å². The molecule has 3 fully saturated rings. The molecule has 16 nitrogen and oxygen atoms in total. The normalized spacial score (nSPS) is 18.9. The summed E-state index contributed by atoms with van der Waals surface area (Å²) in [6.07, 6.45) is -2.33. The van der Waals surface area contributed by atoms with Crippen LogP contribution in [-0.2, 0) is 40.1 Å². The molecule has 0 spiro atoms. The van der Waals surface area contributed by atoms with E-state index in [1.54, 1.807) is 42.7 Å². The number of halogens is 6. The number of ether oxygens (including phenoxy) is 3. The minimum Gasteiger partial charge on any atom is -0.478 e. The van der Waals surface area contributed by atoms with Crippen LogP contribution in [0.25, 0.3) is 20.4 Å². The maximum absolute atomic E-state index is 13.5. The molecule has 24 heteroatoms. The quantitative estimate of drug-likeness (QED) is 0.0611. The second kappa shape index (κ2) is 25.9. The van der Waals surface area contributed by atoms with Crippen LogP contribution >= 0.6 is 22.7 Å². The lowest BCUT2D eigenvalue weighted by Crippen LogP contribution is -2.46. The predicted octanol–water partition coefficient (Wildman–Crippen LogP) is 13.8. The molecule has 0 unspecified atom stereocenters. The summed E-state index contributed by atoms with van der Waals surface area (Å²) in [4.78, 5) is 72.3. The summed E-state index contributed by atoms with van der Waals surface area (Å²) in [6, 6.07) is 16.3. The van der Waals surface area contributed by atoms with Crippen molar-refractivity contribution in [1.82, 2.24) is 29.7 Å². The molecular weight excluding hydrogens is 1110 g/mol. The van der Waals surface area contributed by atoms with E-state index in [2.05, 4.69) is 30.6 Å². The Kier molecular flexibility index (Phi) is 19.4. The van der Waals surface area contributed by atoms with Crippen LogP contribution in [0.3, 0.4) is 0 Å². The van der Waals surface area contributed by atoms with Gasteiger partial charge in [-0.1, -0.05) is 36.4 Å². The van der Waals surface area contributed by atoms with Crippen LogP contribution in [0.15, 0.2) is 73.3 Å². The van der Waals surface area contributed by atoms with Gasteiger partial charge < -0.3 is 39.8 Å². The van der Waals surface area contributed by atoms with Gasteiger partial charge in [0.2, 0.25) is 0 Å². The number of anilines is 2. The lowest BCUT2D eigenvalue weighted by atomic mass is 9.89. The number of amides is 2. The summed E-state index contributed by atoms with van der Waals surface area (Å²) in [5.41, 5.74) is 1.08. The fourth-order valence-corrected chi connectivity index (χ4v) is 12.3. The third kappa shape index (κ3) is 17.7. The number of fused-ring (bicyclic) bond motifs is 2. The molecular formula is C58H68F6N8O8S2. The molecule has 2 amide bonds. The molecule has 4 aromatic heterocycles. The topological polar surface area (TPSA) is 198 Å². The molecule has 3 aliphatic rings. The first-order valence-electron chi connectivity index (χ1n) is 27.2. The molecule has 4 atom stereocenters. The van der Waals surface area contributed by atoms with Crippen molar-refractivity contribution < 1.29 is 64.8 Å². The van der Waals surface area contributed by atoms with Gasteiger partial charge in [-0.25, -0.2) is 34.3 Å². The van der Waals surface area contributed by atoms with Gasteiger partial charge in [0.15, 0.2) is 5.78 Å². The van der Waals surface area contributed by atoms with E-state index in [1.165, 1.54) is 36.9 Å². The number of nitrogens with one attached hydrogen (secondary N) is 2. The van der Waals surface area contributed by atoms with Gasteiger partial charge in [-0.3, -0.25) is 4.79 Å². The molecule has 82 heavy (non-hydrogen) atoms. The highest BCUT2D eigenvalue weighted by molar-refractivity contribution is 7.19. The number of carboxylic acid groups (broad SMARTS) is 1. The molecule has 2 saturated carbocycles. The first-order valence-corrected chi connectivity index (χ1v) is 28.9. The highest BCUT2D eigenvalue weighted by atomic mass is 32.1. The monoisotopic (exact) mass is 1180 g/mol. The first-order chi connectivity index (χ1) is 38.6. The number of benzene rings is 2. The number of carbonyl (C=O) groups excluding carboxylic acids is 3. The van der Waals surface area contributed by atoms with Crippen LogP contribution < -0.4 is 10.6 Å². The largest absolute Gasteiger partial charge is 0.478 e. The highest BCUT2D eigenvalue weighted by Gasteiger charge is 2.36. The standard InChI is InChI=1S/C31H37F3N4O4S.C27H31F3N4O4S/c1-30(2,3)42-29(40)38(15-19-7-9-21(10-8-19)26(39)11-20-16-41-17-20)23-6-4-5-22(12-23)37-27-25-13-24(14-31(32,33)34)43-28(25)36-18-35-27;1-26(2,3)38-25(37)34(14-16-7-9-17(10-8-16)24(35)36)19-6-4-5-18(11-19)33-22-21-12-20(13-27(28,29)30)39-23(21)32-15-31-22/h7-10,13,18,20,22-23H,4-6,11-12,14-17H2,1-3H3,(H,35,36,37);7-10,12,15,18-19H,4-6,11,13-14H2,1-3H3,(H,35,36)(H,31,32,33)/t22-,23+;18-,19+/m11/s1. The molecule has 2 aliphatic carbocycles. The second-order valence-electron chi connectivity index (χ2n) is 23.2. The number of ketones is 1. The molecule has 0 bridgehead atoms. The molecule has 9 rings (SSSR count). The number of thiophene rings is 2. The fourth-order valence-electron chi connectivity index (χ4n) is 10.2. The molecule has 1 saturated heterocycles. The average Bonchev–Trinajstić information content (AvgIpc) is 3.95. The summed E-state index contributed by atoms with van der Waals surface area (Å²) in [7, 11) is 0. The van der Waals surface area contributed by atoms with Gasteiger partial charge in [0.1, 0.15) is 45.2 Å². The van der Waals surface area contributed by atoms with Crippen LogP contribution in [-0.4, -0.2) is 120 Å². The molecule has 2 aromatic carbocycles. The van der Waals surface area contributed by atoms with E-state index in [-0.39, 0.29) is 57.7 Å². The molecule has 1 aliphatic heterocycles. The molecule has 5 heterocycles. The Balaban J connectivity index is 0.000000216. The van der Waals surface area contributed by atoms with Gasteiger partial charge in [0.25, 0.3) is 0 Å². The number of aromatic carboxylic acids is 1. The van der Waals surface area contributed by atoms with E-state index in [9.17, 15) is 50.6 Å². The minimum atomic E-state index is -4.31. The SMILES string of the molecule is CC(C)(C)OC(=O)N(Cc1ccc(C(=O)CC2COC2)cc1)[C@H]1CCC[C@@H](Nc2ncnc3sc(CC(F)(F)F)cc23)C1.CC(C)(C)OC(=O)N(Cc1ccc(C(=O)O)cc1)[C@H]1CCC[C@@H](Nc2ncnc3sc(CC(F)(F)F)cc23)C1. The van der Waals surface area contributed by atoms with E-state index in [0.717, 1.165) is 72.3 Å². The third-order valence-corrected chi connectivity index (χ3v) is 16.1. The second-order valence-corrected chi connectivity index (χ2v) is 25.4. The summed E-state index contributed by atoms with van der Waals surface area (Å²) in [5, 5.41) is 17.1. The van der Waals surface area contributed by atoms with Crippen LogP contribution in [0.1, 0.15) is 141 Å². The van der Waals surface area contributed by atoms with Gasteiger partial charge >= 0.3 is 30.5 Å². The zero-order chi connectivity index (χ0) is 59.1. The molecule has 3 N–H and O–H groups in total. The van der Waals surface area contributed by atoms with Crippen molar-refractivity contribution in [2.75, 3.05) is 23.8 Å². The molecule has 0 radical (unpaired) electrons. The number of nitrogens with zero attached hydrogens (tertiary/aromatic N) is 6. The Hall–Kier alpha value is -6.66. The fraction of sp³-hybridized carbons (Fsp3) is 0.517. The van der Waals surface area contributed by atoms with Gasteiger partial charge in [-0.05, 0) is 128 Å². The van der Waals surface area contributed by atoms with Crippen LogP contribution in [0.5, 0.6) is 0 Å². The van der Waals surface area contributed by atoms with Crippen molar-refractivity contribution in [2.24, 2.45) is 5.92 Å². The lowest BCUT2D eigenvalue weighted by molar-refractivity contribution is -0.127. The number of hydrogen-bond acceptors (Lipinski definition) is 15. The van der Waals surface area contributed by atoms with E-state index in [4.69, 9.17) is 14.2 Å². The van der Waals surface area contributed by atoms with Gasteiger partial charge in [-0.15, -0.1) is 22.7 Å². The summed E-state index contributed by atoms with van der Waals surface area (Å²) in [6.45, 7) is 12.7. The summed E-state index contributed by atoms with van der Waals surface area (Å²) in [5.74, 6) is 0.311. The average molecular weight is 1180 g/mol. The van der Waals surface area contributed by atoms with Crippen molar-refractivity contribution in [1.29, 1.82) is 0 Å². The number of hydrogen-bond donors (Lipinski definition) is 3. The Morgan fingerprint density at radius 2 is 1.04 bits per heavy atom. The zero-order valence-corrected chi connectivity index (χ0v) is 48.1. The number of aromatic nitrogens is 4. The number of carboxylic acids is 1. The highest BCUT2D eigenvalue weighted by Crippen LogP contribution is 2.37. The number of carbonyl (C=O) groups is 4. The Morgan fingerprint density at radius 3 is 1.40 bits per heavy atom. The van der Waals surface area contributed by atoms with Gasteiger partial charge in [0, 0.05) is 64.9 Å². The maximum Gasteiger partial charge on any atom is 0.410 e. The maximum atomic E-state index is 13.5. The van der Waals surface area contributed by atoms with Crippen molar-refractivity contribution in [3.8, 4) is 0 Å². The molecule has 6 aromatic rings. The number of rotatable bonds is 16. The predicted molar refractivity (Wildman–Crippen MR) is 300 cm³/mol. The van der Waals surface area contributed by atoms with Crippen LogP contribution in [0.2, 0.25) is 0 Å². The molecule has 442 valence electrons. The van der Waals surface area contributed by atoms with Crippen molar-refractivity contribution in [3.05, 3.63) is 105 Å². The van der Waals surface area contributed by atoms with Crippen LogP contribution in [0.4, 0.5) is 47.6 Å². The number of alkyl halides is 6. The summed E-state index contributed by atoms with van der Waals surface area (Å²) < 4.78 is 94.4.